The SMILES string of the molecule is COc1ccc(C)cc1NC(=O)COC(=O)C[C@H](NC(=O)c1ccccc1)c1ccccc1. The lowest BCUT2D eigenvalue weighted by atomic mass is 10.0. The monoisotopic (exact) mass is 446 g/mol. The lowest BCUT2D eigenvalue weighted by molar-refractivity contribution is -0.147. The van der Waals surface area contributed by atoms with E-state index in [9.17, 15) is 14.4 Å². The predicted molar refractivity (Wildman–Crippen MR) is 125 cm³/mol. The normalized spacial score (nSPS) is 11.2. The summed E-state index contributed by atoms with van der Waals surface area (Å²) < 4.78 is 10.4. The van der Waals surface area contributed by atoms with E-state index >= 15 is 0 Å². The molecule has 33 heavy (non-hydrogen) atoms. The molecular weight excluding hydrogens is 420 g/mol. The number of amides is 2. The maximum absolute atomic E-state index is 12.6. The Balaban J connectivity index is 1.61. The third-order valence-electron chi connectivity index (χ3n) is 4.91. The first kappa shape index (κ1) is 23.5. The highest BCUT2D eigenvalue weighted by Crippen LogP contribution is 2.25. The van der Waals surface area contributed by atoms with Crippen LogP contribution in [-0.2, 0) is 14.3 Å². The molecule has 0 aromatic heterocycles. The molecule has 0 fully saturated rings. The molecule has 2 amide bonds. The Labute approximate surface area is 192 Å². The number of methoxy groups -OCH3 is 1. The molecular formula is C26H26N2O5. The largest absolute Gasteiger partial charge is 0.495 e. The maximum Gasteiger partial charge on any atom is 0.308 e. The van der Waals surface area contributed by atoms with Gasteiger partial charge in [-0.05, 0) is 42.3 Å². The molecule has 0 bridgehead atoms. The van der Waals surface area contributed by atoms with Crippen LogP contribution in [0.25, 0.3) is 0 Å². The number of benzene rings is 3. The number of anilines is 1. The van der Waals surface area contributed by atoms with Gasteiger partial charge < -0.3 is 20.1 Å². The van der Waals surface area contributed by atoms with Crippen LogP contribution in [0, 0.1) is 6.92 Å². The van der Waals surface area contributed by atoms with Crippen molar-refractivity contribution in [1.82, 2.24) is 5.32 Å². The summed E-state index contributed by atoms with van der Waals surface area (Å²) >= 11 is 0. The van der Waals surface area contributed by atoms with Crippen LogP contribution >= 0.6 is 0 Å². The van der Waals surface area contributed by atoms with Crippen molar-refractivity contribution < 1.29 is 23.9 Å². The van der Waals surface area contributed by atoms with Crippen molar-refractivity contribution in [3.8, 4) is 5.75 Å². The van der Waals surface area contributed by atoms with Gasteiger partial charge in [0.25, 0.3) is 11.8 Å². The van der Waals surface area contributed by atoms with Crippen LogP contribution in [0.15, 0.2) is 78.9 Å². The van der Waals surface area contributed by atoms with Gasteiger partial charge in [0.2, 0.25) is 0 Å². The van der Waals surface area contributed by atoms with Gasteiger partial charge in [-0.15, -0.1) is 0 Å². The highest BCUT2D eigenvalue weighted by molar-refractivity contribution is 5.95. The summed E-state index contributed by atoms with van der Waals surface area (Å²) in [6.45, 7) is 1.44. The first-order chi connectivity index (χ1) is 16.0. The Kier molecular flexibility index (Phi) is 8.18. The third-order valence-corrected chi connectivity index (χ3v) is 4.91. The Hall–Kier alpha value is -4.13. The Morgan fingerprint density at radius 1 is 0.909 bits per heavy atom. The van der Waals surface area contributed by atoms with Crippen molar-refractivity contribution >= 4 is 23.5 Å². The second-order valence-corrected chi connectivity index (χ2v) is 7.42. The molecule has 0 saturated carbocycles. The number of ether oxygens (including phenoxy) is 2. The fourth-order valence-electron chi connectivity index (χ4n) is 3.25. The van der Waals surface area contributed by atoms with E-state index in [0.717, 1.165) is 11.1 Å². The molecule has 7 nitrogen and oxygen atoms in total. The molecule has 170 valence electrons. The van der Waals surface area contributed by atoms with Gasteiger partial charge in [0.1, 0.15) is 5.75 Å². The van der Waals surface area contributed by atoms with Gasteiger partial charge >= 0.3 is 5.97 Å². The van der Waals surface area contributed by atoms with Crippen LogP contribution in [-0.4, -0.2) is 31.5 Å². The van der Waals surface area contributed by atoms with Gasteiger partial charge in [-0.2, -0.15) is 0 Å². The van der Waals surface area contributed by atoms with Crippen molar-refractivity contribution in [3.05, 3.63) is 95.6 Å². The van der Waals surface area contributed by atoms with Crippen LogP contribution < -0.4 is 15.4 Å². The first-order valence-corrected chi connectivity index (χ1v) is 10.5. The number of hydrogen-bond donors (Lipinski definition) is 2. The van der Waals surface area contributed by atoms with Crippen molar-refractivity contribution in [2.75, 3.05) is 19.0 Å². The summed E-state index contributed by atoms with van der Waals surface area (Å²) in [5.41, 5.74) is 2.68. The van der Waals surface area contributed by atoms with Crippen LogP contribution in [0.2, 0.25) is 0 Å². The smallest absolute Gasteiger partial charge is 0.308 e. The molecule has 3 rings (SSSR count). The number of carbonyl (C=O) groups is 3. The van der Waals surface area contributed by atoms with Crippen LogP contribution in [0.1, 0.15) is 33.9 Å². The lowest BCUT2D eigenvalue weighted by Gasteiger charge is -2.19. The molecule has 0 aliphatic heterocycles. The van der Waals surface area contributed by atoms with Gasteiger partial charge in [-0.1, -0.05) is 54.6 Å². The zero-order chi connectivity index (χ0) is 23.6. The maximum atomic E-state index is 12.6. The molecule has 3 aromatic rings. The second kappa shape index (κ2) is 11.5. The molecule has 0 unspecified atom stereocenters. The number of rotatable bonds is 9. The van der Waals surface area contributed by atoms with Gasteiger partial charge in [0.05, 0.1) is 25.3 Å². The lowest BCUT2D eigenvalue weighted by Crippen LogP contribution is -2.31. The fraction of sp³-hybridized carbons (Fsp3) is 0.192. The zero-order valence-corrected chi connectivity index (χ0v) is 18.5. The summed E-state index contributed by atoms with van der Waals surface area (Å²) in [6, 6.07) is 22.6. The molecule has 0 aliphatic rings. The minimum Gasteiger partial charge on any atom is -0.495 e. The average Bonchev–Trinajstić information content (AvgIpc) is 2.83. The van der Waals surface area contributed by atoms with E-state index in [0.29, 0.717) is 17.0 Å². The Morgan fingerprint density at radius 3 is 2.24 bits per heavy atom. The topological polar surface area (TPSA) is 93.7 Å². The van der Waals surface area contributed by atoms with Gasteiger partial charge in [-0.25, -0.2) is 0 Å². The minimum atomic E-state index is -0.608. The van der Waals surface area contributed by atoms with Gasteiger partial charge in [0.15, 0.2) is 6.61 Å². The standard InChI is InChI=1S/C26H26N2O5/c1-18-13-14-23(32-2)22(15-18)27-24(29)17-33-25(30)16-21(19-9-5-3-6-10-19)28-26(31)20-11-7-4-8-12-20/h3-15,21H,16-17H2,1-2H3,(H,27,29)(H,28,31)/t21-/m0/s1. The Morgan fingerprint density at radius 2 is 1.58 bits per heavy atom. The number of nitrogens with one attached hydrogen (secondary N) is 2. The van der Waals surface area contributed by atoms with Crippen molar-refractivity contribution in [2.45, 2.75) is 19.4 Å². The quantitative estimate of drug-likeness (QED) is 0.484. The summed E-state index contributed by atoms with van der Waals surface area (Å²) in [6.07, 6.45) is -0.121. The van der Waals surface area contributed by atoms with E-state index in [2.05, 4.69) is 10.6 Å². The number of esters is 1. The summed E-state index contributed by atoms with van der Waals surface area (Å²) in [7, 11) is 1.51. The van der Waals surface area contributed by atoms with E-state index in [4.69, 9.17) is 9.47 Å². The number of hydrogen-bond acceptors (Lipinski definition) is 5. The van der Waals surface area contributed by atoms with Gasteiger partial charge in [0, 0.05) is 5.56 Å². The summed E-state index contributed by atoms with van der Waals surface area (Å²) in [5.74, 6) is -0.894. The number of carbonyl (C=O) groups excluding carboxylic acids is 3. The minimum absolute atomic E-state index is 0.121. The Bertz CT molecular complexity index is 1100. The third kappa shape index (κ3) is 6.93. The van der Waals surface area contributed by atoms with Gasteiger partial charge in [-0.3, -0.25) is 14.4 Å². The average molecular weight is 447 g/mol. The molecule has 1 atom stereocenters. The number of aryl methyl sites for hydroxylation is 1. The first-order valence-electron chi connectivity index (χ1n) is 10.5. The van der Waals surface area contributed by atoms with E-state index in [1.165, 1.54) is 7.11 Å². The van der Waals surface area contributed by atoms with Crippen molar-refractivity contribution in [3.63, 3.8) is 0 Å². The molecule has 7 heteroatoms. The van der Waals surface area contributed by atoms with Crippen molar-refractivity contribution in [2.24, 2.45) is 0 Å². The molecule has 0 radical (unpaired) electrons. The molecule has 0 spiro atoms. The predicted octanol–water partition coefficient (Wildman–Crippen LogP) is 4.05. The molecule has 0 aliphatic carbocycles. The van der Waals surface area contributed by atoms with Crippen molar-refractivity contribution in [1.29, 1.82) is 0 Å². The molecule has 3 aromatic carbocycles. The zero-order valence-electron chi connectivity index (χ0n) is 18.5. The second-order valence-electron chi connectivity index (χ2n) is 7.42. The molecule has 0 heterocycles. The van der Waals surface area contributed by atoms with E-state index in [1.54, 1.807) is 36.4 Å². The summed E-state index contributed by atoms with van der Waals surface area (Å²) in [4.78, 5) is 37.4. The summed E-state index contributed by atoms with van der Waals surface area (Å²) in [5, 5.41) is 5.56. The molecule has 2 N–H and O–H groups in total. The van der Waals surface area contributed by atoms with Crippen LogP contribution in [0.5, 0.6) is 5.75 Å². The van der Waals surface area contributed by atoms with Crippen LogP contribution in [0.4, 0.5) is 5.69 Å². The van der Waals surface area contributed by atoms with E-state index in [-0.39, 0.29) is 12.3 Å². The van der Waals surface area contributed by atoms with E-state index < -0.39 is 24.5 Å². The molecule has 0 saturated heterocycles. The highest BCUT2D eigenvalue weighted by Gasteiger charge is 2.21. The van der Waals surface area contributed by atoms with E-state index in [1.807, 2.05) is 49.4 Å². The fourth-order valence-corrected chi connectivity index (χ4v) is 3.25. The highest BCUT2D eigenvalue weighted by atomic mass is 16.5. The van der Waals surface area contributed by atoms with Crippen LogP contribution in [0.3, 0.4) is 0 Å².